The summed E-state index contributed by atoms with van der Waals surface area (Å²) in [6.07, 6.45) is -0.593. The Morgan fingerprint density at radius 2 is 1.64 bits per heavy atom. The molecule has 2 rings (SSSR count). The molecule has 0 fully saturated rings. The number of anilines is 1. The van der Waals surface area contributed by atoms with Gasteiger partial charge in [0, 0.05) is 12.3 Å². The molecule has 5 heteroatoms. The van der Waals surface area contributed by atoms with Gasteiger partial charge in [-0.3, -0.25) is 4.79 Å². The second-order valence-corrected chi connectivity index (χ2v) is 5.63. The molecular weight excluding hydrogens is 318 g/mol. The molecule has 0 aliphatic heterocycles. The van der Waals surface area contributed by atoms with E-state index in [1.54, 1.807) is 19.1 Å². The SMILES string of the molecule is CCOCCOc1ccc(NC(=O)[C@@H](C)Oc2ccc(C)cc2)cc1. The molecule has 0 saturated carbocycles. The van der Waals surface area contributed by atoms with Gasteiger partial charge < -0.3 is 19.5 Å². The minimum Gasteiger partial charge on any atom is -0.491 e. The second-order valence-electron chi connectivity index (χ2n) is 5.63. The fourth-order valence-electron chi connectivity index (χ4n) is 2.12. The Labute approximate surface area is 148 Å². The van der Waals surface area contributed by atoms with Crippen LogP contribution in [0.15, 0.2) is 48.5 Å². The number of nitrogens with one attached hydrogen (secondary N) is 1. The summed E-state index contributed by atoms with van der Waals surface area (Å²) in [5, 5.41) is 2.83. The molecule has 0 aliphatic carbocycles. The first-order chi connectivity index (χ1) is 12.1. The number of benzene rings is 2. The van der Waals surface area contributed by atoms with Crippen LogP contribution in [-0.2, 0) is 9.53 Å². The third kappa shape index (κ3) is 6.47. The molecule has 0 unspecified atom stereocenters. The Balaban J connectivity index is 1.81. The molecule has 134 valence electrons. The van der Waals surface area contributed by atoms with Crippen LogP contribution >= 0.6 is 0 Å². The summed E-state index contributed by atoms with van der Waals surface area (Å²) in [6.45, 7) is 7.41. The van der Waals surface area contributed by atoms with Gasteiger partial charge in [-0.2, -0.15) is 0 Å². The number of aryl methyl sites for hydroxylation is 1. The van der Waals surface area contributed by atoms with E-state index in [1.807, 2.05) is 50.2 Å². The van der Waals surface area contributed by atoms with Crippen molar-refractivity contribution in [3.63, 3.8) is 0 Å². The van der Waals surface area contributed by atoms with Gasteiger partial charge >= 0.3 is 0 Å². The quantitative estimate of drug-likeness (QED) is 0.703. The van der Waals surface area contributed by atoms with E-state index >= 15 is 0 Å². The zero-order chi connectivity index (χ0) is 18.1. The maximum absolute atomic E-state index is 12.2. The van der Waals surface area contributed by atoms with Crippen LogP contribution in [0.1, 0.15) is 19.4 Å². The Hall–Kier alpha value is -2.53. The average Bonchev–Trinajstić information content (AvgIpc) is 2.62. The summed E-state index contributed by atoms with van der Waals surface area (Å²) >= 11 is 0. The molecule has 0 saturated heterocycles. The van der Waals surface area contributed by atoms with E-state index in [2.05, 4.69) is 5.32 Å². The number of hydrogen-bond donors (Lipinski definition) is 1. The Morgan fingerprint density at radius 1 is 1.00 bits per heavy atom. The standard InChI is InChI=1S/C20H25NO4/c1-4-23-13-14-24-18-11-7-17(8-12-18)21-20(22)16(3)25-19-9-5-15(2)6-10-19/h5-12,16H,4,13-14H2,1-3H3,(H,21,22)/t16-/m1/s1. The molecule has 0 aliphatic rings. The second kappa shape index (κ2) is 9.69. The highest BCUT2D eigenvalue weighted by Crippen LogP contribution is 2.17. The molecule has 1 N–H and O–H groups in total. The van der Waals surface area contributed by atoms with Crippen LogP contribution in [0.2, 0.25) is 0 Å². The van der Waals surface area contributed by atoms with Crippen molar-refractivity contribution in [2.45, 2.75) is 26.9 Å². The van der Waals surface area contributed by atoms with E-state index in [9.17, 15) is 4.79 Å². The Morgan fingerprint density at radius 3 is 2.28 bits per heavy atom. The van der Waals surface area contributed by atoms with Crippen LogP contribution in [0, 0.1) is 6.92 Å². The Kier molecular flexibility index (Phi) is 7.29. The molecule has 5 nitrogen and oxygen atoms in total. The fraction of sp³-hybridized carbons (Fsp3) is 0.350. The number of ether oxygens (including phenoxy) is 3. The van der Waals surface area contributed by atoms with Crippen molar-refractivity contribution in [2.75, 3.05) is 25.1 Å². The van der Waals surface area contributed by atoms with Gasteiger partial charge in [0.25, 0.3) is 5.91 Å². The summed E-state index contributed by atoms with van der Waals surface area (Å²) in [6, 6.07) is 14.8. The molecule has 2 aromatic rings. The number of carbonyl (C=O) groups is 1. The van der Waals surface area contributed by atoms with Crippen molar-refractivity contribution in [3.8, 4) is 11.5 Å². The van der Waals surface area contributed by atoms with E-state index in [0.717, 1.165) is 11.3 Å². The molecule has 0 spiro atoms. The molecular formula is C20H25NO4. The van der Waals surface area contributed by atoms with Crippen molar-refractivity contribution < 1.29 is 19.0 Å². The van der Waals surface area contributed by atoms with E-state index in [1.165, 1.54) is 0 Å². The Bertz CT molecular complexity index is 652. The lowest BCUT2D eigenvalue weighted by atomic mass is 10.2. The minimum atomic E-state index is -0.593. The van der Waals surface area contributed by atoms with Gasteiger partial charge in [0.1, 0.15) is 18.1 Å². The largest absolute Gasteiger partial charge is 0.491 e. The summed E-state index contributed by atoms with van der Waals surface area (Å²) in [5.74, 6) is 1.21. The topological polar surface area (TPSA) is 56.8 Å². The number of hydrogen-bond acceptors (Lipinski definition) is 4. The highest BCUT2D eigenvalue weighted by Gasteiger charge is 2.14. The first kappa shape index (κ1) is 18.8. The van der Waals surface area contributed by atoms with Crippen LogP contribution in [0.5, 0.6) is 11.5 Å². The lowest BCUT2D eigenvalue weighted by Gasteiger charge is -2.15. The van der Waals surface area contributed by atoms with Gasteiger partial charge in [-0.05, 0) is 57.2 Å². The van der Waals surface area contributed by atoms with Gasteiger partial charge in [0.15, 0.2) is 6.10 Å². The van der Waals surface area contributed by atoms with Gasteiger partial charge in [-0.25, -0.2) is 0 Å². The monoisotopic (exact) mass is 343 g/mol. The van der Waals surface area contributed by atoms with Crippen LogP contribution in [0.3, 0.4) is 0 Å². The van der Waals surface area contributed by atoms with Gasteiger partial charge in [0.2, 0.25) is 0 Å². The lowest BCUT2D eigenvalue weighted by molar-refractivity contribution is -0.122. The number of carbonyl (C=O) groups excluding carboxylic acids is 1. The fourth-order valence-corrected chi connectivity index (χ4v) is 2.12. The predicted octanol–water partition coefficient (Wildman–Crippen LogP) is 3.82. The lowest BCUT2D eigenvalue weighted by Crippen LogP contribution is -2.30. The highest BCUT2D eigenvalue weighted by atomic mass is 16.5. The maximum atomic E-state index is 12.2. The molecule has 1 amide bonds. The van der Waals surface area contributed by atoms with Crippen molar-refractivity contribution in [3.05, 3.63) is 54.1 Å². The molecule has 1 atom stereocenters. The molecule has 0 bridgehead atoms. The summed E-state index contributed by atoms with van der Waals surface area (Å²) in [5.41, 5.74) is 1.84. The van der Waals surface area contributed by atoms with E-state index < -0.39 is 6.10 Å². The van der Waals surface area contributed by atoms with Crippen molar-refractivity contribution in [1.29, 1.82) is 0 Å². The first-order valence-electron chi connectivity index (χ1n) is 8.43. The molecule has 2 aromatic carbocycles. The minimum absolute atomic E-state index is 0.203. The van der Waals surface area contributed by atoms with E-state index in [0.29, 0.717) is 31.3 Å². The van der Waals surface area contributed by atoms with Crippen molar-refractivity contribution in [1.82, 2.24) is 0 Å². The predicted molar refractivity (Wildman–Crippen MR) is 98.3 cm³/mol. The van der Waals surface area contributed by atoms with Crippen LogP contribution < -0.4 is 14.8 Å². The number of rotatable bonds is 9. The van der Waals surface area contributed by atoms with Crippen molar-refractivity contribution in [2.24, 2.45) is 0 Å². The molecule has 25 heavy (non-hydrogen) atoms. The zero-order valence-corrected chi connectivity index (χ0v) is 15.0. The van der Waals surface area contributed by atoms with Crippen molar-refractivity contribution >= 4 is 11.6 Å². The first-order valence-corrected chi connectivity index (χ1v) is 8.43. The van der Waals surface area contributed by atoms with Crippen LogP contribution in [-0.4, -0.2) is 31.8 Å². The van der Waals surface area contributed by atoms with E-state index in [-0.39, 0.29) is 5.91 Å². The molecule has 0 radical (unpaired) electrons. The number of amides is 1. The summed E-state index contributed by atoms with van der Waals surface area (Å²) in [7, 11) is 0. The van der Waals surface area contributed by atoms with Crippen LogP contribution in [0.4, 0.5) is 5.69 Å². The third-order valence-electron chi connectivity index (χ3n) is 3.53. The van der Waals surface area contributed by atoms with E-state index in [4.69, 9.17) is 14.2 Å². The average molecular weight is 343 g/mol. The van der Waals surface area contributed by atoms with Gasteiger partial charge in [0.05, 0.1) is 6.61 Å². The van der Waals surface area contributed by atoms with Crippen LogP contribution in [0.25, 0.3) is 0 Å². The smallest absolute Gasteiger partial charge is 0.265 e. The highest BCUT2D eigenvalue weighted by molar-refractivity contribution is 5.94. The third-order valence-corrected chi connectivity index (χ3v) is 3.53. The van der Waals surface area contributed by atoms with Gasteiger partial charge in [-0.15, -0.1) is 0 Å². The normalized spacial score (nSPS) is 11.6. The zero-order valence-electron chi connectivity index (χ0n) is 15.0. The summed E-state index contributed by atoms with van der Waals surface area (Å²) in [4.78, 5) is 12.2. The molecule has 0 heterocycles. The summed E-state index contributed by atoms with van der Waals surface area (Å²) < 4.78 is 16.4. The molecule has 0 aromatic heterocycles. The van der Waals surface area contributed by atoms with Gasteiger partial charge in [-0.1, -0.05) is 17.7 Å². The maximum Gasteiger partial charge on any atom is 0.265 e.